The van der Waals surface area contributed by atoms with Crippen LogP contribution in [0.25, 0.3) is 0 Å². The van der Waals surface area contributed by atoms with E-state index in [0.717, 1.165) is 36.8 Å². The van der Waals surface area contributed by atoms with E-state index in [1.165, 1.54) is 5.56 Å². The largest absolute Gasteiger partial charge is 0.494 e. The summed E-state index contributed by atoms with van der Waals surface area (Å²) in [7, 11) is 5.43. The Hall–Kier alpha value is -3.02. The molecule has 0 saturated heterocycles. The number of carbonyl (C=O) groups excluding carboxylic acids is 1. The normalized spacial score (nSPS) is 11.1. The number of amides is 1. The van der Waals surface area contributed by atoms with Gasteiger partial charge < -0.3 is 20.3 Å². The van der Waals surface area contributed by atoms with Crippen molar-refractivity contribution in [3.63, 3.8) is 0 Å². The van der Waals surface area contributed by atoms with E-state index in [2.05, 4.69) is 32.7 Å². The van der Waals surface area contributed by atoms with Crippen molar-refractivity contribution in [1.82, 2.24) is 15.5 Å². The molecule has 0 atom stereocenters. The van der Waals surface area contributed by atoms with Gasteiger partial charge in [-0.1, -0.05) is 24.3 Å². The Morgan fingerprint density at radius 2 is 1.89 bits per heavy atom. The van der Waals surface area contributed by atoms with E-state index in [9.17, 15) is 4.79 Å². The van der Waals surface area contributed by atoms with E-state index in [4.69, 9.17) is 4.74 Å². The number of hydrogen-bond donors (Lipinski definition) is 2. The second kappa shape index (κ2) is 11.0. The molecule has 0 radical (unpaired) electrons. The molecule has 1 amide bonds. The zero-order valence-electron chi connectivity index (χ0n) is 17.2. The van der Waals surface area contributed by atoms with Gasteiger partial charge in [0.25, 0.3) is 5.91 Å². The number of rotatable bonds is 8. The summed E-state index contributed by atoms with van der Waals surface area (Å²) < 4.78 is 5.49. The Labute approximate surface area is 167 Å². The molecule has 28 heavy (non-hydrogen) atoms. The monoisotopic (exact) mass is 382 g/mol. The predicted octanol–water partition coefficient (Wildman–Crippen LogP) is 2.69. The maximum atomic E-state index is 11.8. The molecule has 0 aromatic heterocycles. The summed E-state index contributed by atoms with van der Waals surface area (Å²) >= 11 is 0. The first-order chi connectivity index (χ1) is 13.6. The lowest BCUT2D eigenvalue weighted by molar-refractivity contribution is 0.0963. The van der Waals surface area contributed by atoms with Crippen LogP contribution in [0.1, 0.15) is 28.4 Å². The molecule has 2 N–H and O–H groups in total. The van der Waals surface area contributed by atoms with Crippen LogP contribution >= 0.6 is 0 Å². The van der Waals surface area contributed by atoms with E-state index in [1.807, 2.05) is 50.4 Å². The SMILES string of the molecule is CCOc1ccc(CN(C)C(=NC)NCCc2cccc(C(=O)NC)c2)cc1. The van der Waals surface area contributed by atoms with Crippen molar-refractivity contribution < 1.29 is 9.53 Å². The third kappa shape index (κ3) is 6.30. The van der Waals surface area contributed by atoms with E-state index >= 15 is 0 Å². The number of nitrogens with one attached hydrogen (secondary N) is 2. The molecule has 2 rings (SSSR count). The minimum absolute atomic E-state index is 0.0688. The second-order valence-corrected chi connectivity index (χ2v) is 6.44. The third-order valence-corrected chi connectivity index (χ3v) is 4.34. The summed E-state index contributed by atoms with van der Waals surface area (Å²) in [5, 5.41) is 6.04. The molecule has 0 bridgehead atoms. The summed E-state index contributed by atoms with van der Waals surface area (Å²) in [6, 6.07) is 15.8. The van der Waals surface area contributed by atoms with Crippen molar-refractivity contribution in [3.8, 4) is 5.75 Å². The van der Waals surface area contributed by atoms with Gasteiger partial charge in [-0.05, 0) is 48.7 Å². The highest BCUT2D eigenvalue weighted by Crippen LogP contribution is 2.13. The first-order valence-corrected chi connectivity index (χ1v) is 9.52. The molecule has 0 saturated carbocycles. The Kier molecular flexibility index (Phi) is 8.34. The Morgan fingerprint density at radius 1 is 1.14 bits per heavy atom. The van der Waals surface area contributed by atoms with Crippen molar-refractivity contribution in [1.29, 1.82) is 0 Å². The minimum Gasteiger partial charge on any atom is -0.494 e. The summed E-state index contributed by atoms with van der Waals surface area (Å²) in [5.41, 5.74) is 2.97. The highest BCUT2D eigenvalue weighted by Gasteiger charge is 2.08. The maximum absolute atomic E-state index is 11.8. The molecule has 0 unspecified atom stereocenters. The van der Waals surface area contributed by atoms with E-state index in [-0.39, 0.29) is 5.91 Å². The number of guanidine groups is 1. The molecule has 0 fully saturated rings. The maximum Gasteiger partial charge on any atom is 0.251 e. The number of benzene rings is 2. The lowest BCUT2D eigenvalue weighted by Gasteiger charge is -2.22. The smallest absolute Gasteiger partial charge is 0.251 e. The summed E-state index contributed by atoms with van der Waals surface area (Å²) in [5.74, 6) is 1.65. The van der Waals surface area contributed by atoms with E-state index in [0.29, 0.717) is 12.2 Å². The third-order valence-electron chi connectivity index (χ3n) is 4.34. The van der Waals surface area contributed by atoms with Gasteiger partial charge in [0.15, 0.2) is 5.96 Å². The van der Waals surface area contributed by atoms with Crippen molar-refractivity contribution >= 4 is 11.9 Å². The van der Waals surface area contributed by atoms with Crippen LogP contribution in [-0.4, -0.2) is 51.1 Å². The van der Waals surface area contributed by atoms with Crippen LogP contribution in [0, 0.1) is 0 Å². The molecule has 0 spiro atoms. The standard InChI is InChI=1S/C22H30N4O2/c1-5-28-20-11-9-18(10-12-20)16-26(4)22(24-3)25-14-13-17-7-6-8-19(15-17)21(27)23-2/h6-12,15H,5,13-14,16H2,1-4H3,(H,23,27)(H,24,25). The summed E-state index contributed by atoms with van der Waals surface area (Å²) in [6.07, 6.45) is 0.806. The van der Waals surface area contributed by atoms with Crippen molar-refractivity contribution in [3.05, 3.63) is 65.2 Å². The molecule has 0 aliphatic carbocycles. The van der Waals surface area contributed by atoms with Crippen molar-refractivity contribution in [2.45, 2.75) is 19.9 Å². The molecule has 2 aromatic carbocycles. The second-order valence-electron chi connectivity index (χ2n) is 6.44. The number of carbonyl (C=O) groups is 1. The van der Waals surface area contributed by atoms with Gasteiger partial charge in [0.2, 0.25) is 0 Å². The van der Waals surface area contributed by atoms with Gasteiger partial charge >= 0.3 is 0 Å². The van der Waals surface area contributed by atoms with Crippen molar-refractivity contribution in [2.75, 3.05) is 34.3 Å². The van der Waals surface area contributed by atoms with Crippen LogP contribution < -0.4 is 15.4 Å². The number of aliphatic imine (C=N–C) groups is 1. The predicted molar refractivity (Wildman–Crippen MR) is 114 cm³/mol. The van der Waals surface area contributed by atoms with Crippen molar-refractivity contribution in [2.24, 2.45) is 4.99 Å². The van der Waals surface area contributed by atoms with Gasteiger partial charge in [0.05, 0.1) is 6.61 Å². The lowest BCUT2D eigenvalue weighted by Crippen LogP contribution is -2.39. The summed E-state index contributed by atoms with van der Waals surface area (Å²) in [6.45, 7) is 4.13. The van der Waals surface area contributed by atoms with Crippen LogP contribution in [0.3, 0.4) is 0 Å². The van der Waals surface area contributed by atoms with Crippen LogP contribution in [-0.2, 0) is 13.0 Å². The number of ether oxygens (including phenoxy) is 1. The van der Waals surface area contributed by atoms with Crippen LogP contribution in [0.5, 0.6) is 5.75 Å². The summed E-state index contributed by atoms with van der Waals surface area (Å²) in [4.78, 5) is 18.2. The van der Waals surface area contributed by atoms with Crippen LogP contribution in [0.4, 0.5) is 0 Å². The minimum atomic E-state index is -0.0688. The lowest BCUT2D eigenvalue weighted by atomic mass is 10.1. The molecule has 6 nitrogen and oxygen atoms in total. The highest BCUT2D eigenvalue weighted by atomic mass is 16.5. The zero-order chi connectivity index (χ0) is 20.4. The molecular weight excluding hydrogens is 352 g/mol. The molecule has 0 aliphatic heterocycles. The molecule has 2 aromatic rings. The molecule has 0 aliphatic rings. The topological polar surface area (TPSA) is 66.0 Å². The molecule has 150 valence electrons. The Balaban J connectivity index is 1.87. The van der Waals surface area contributed by atoms with Gasteiger partial charge in [-0.2, -0.15) is 0 Å². The van der Waals surface area contributed by atoms with Gasteiger partial charge in [-0.3, -0.25) is 9.79 Å². The zero-order valence-corrected chi connectivity index (χ0v) is 17.2. The molecular formula is C22H30N4O2. The quantitative estimate of drug-likeness (QED) is 0.544. The first kappa shape index (κ1) is 21.3. The Morgan fingerprint density at radius 3 is 2.54 bits per heavy atom. The number of hydrogen-bond acceptors (Lipinski definition) is 3. The first-order valence-electron chi connectivity index (χ1n) is 9.52. The fourth-order valence-electron chi connectivity index (χ4n) is 2.92. The fourth-order valence-corrected chi connectivity index (χ4v) is 2.92. The number of nitrogens with zero attached hydrogens (tertiary/aromatic N) is 2. The van der Waals surface area contributed by atoms with Gasteiger partial charge in [0.1, 0.15) is 5.75 Å². The Bertz CT molecular complexity index is 787. The fraction of sp³-hybridized carbons (Fsp3) is 0.364. The van der Waals surface area contributed by atoms with Crippen LogP contribution in [0.2, 0.25) is 0 Å². The van der Waals surface area contributed by atoms with E-state index < -0.39 is 0 Å². The molecule has 6 heteroatoms. The average Bonchev–Trinajstić information content (AvgIpc) is 2.72. The van der Waals surface area contributed by atoms with Gasteiger partial charge in [-0.25, -0.2) is 0 Å². The highest BCUT2D eigenvalue weighted by molar-refractivity contribution is 5.94. The van der Waals surface area contributed by atoms with E-state index in [1.54, 1.807) is 14.1 Å². The van der Waals surface area contributed by atoms with Crippen LogP contribution in [0.15, 0.2) is 53.5 Å². The van der Waals surface area contributed by atoms with Gasteiger partial charge in [0, 0.05) is 39.8 Å². The molecule has 0 heterocycles. The average molecular weight is 383 g/mol. The van der Waals surface area contributed by atoms with Gasteiger partial charge in [-0.15, -0.1) is 0 Å².